The first-order valence-corrected chi connectivity index (χ1v) is 40.1. The van der Waals surface area contributed by atoms with E-state index in [1.54, 1.807) is 24.3 Å². The highest BCUT2D eigenvalue weighted by atomic mass is 16.6. The topological polar surface area (TPSA) is 353 Å². The third kappa shape index (κ3) is 36.7. The predicted octanol–water partition coefficient (Wildman–Crippen LogP) is 14.6. The number of esters is 9. The third-order valence-corrected chi connectivity index (χ3v) is 18.5. The summed E-state index contributed by atoms with van der Waals surface area (Å²) in [5.41, 5.74) is 7.24. The second kappa shape index (κ2) is 51.2. The molecule has 0 heterocycles. The molecule has 6 rings (SSSR count). The minimum absolute atomic E-state index is 0.0152. The zero-order valence-corrected chi connectivity index (χ0v) is 74.8. The number of ether oxygens (including phenoxy) is 15. The summed E-state index contributed by atoms with van der Waals surface area (Å²) in [4.78, 5) is 106. The van der Waals surface area contributed by atoms with Crippen molar-refractivity contribution in [3.8, 4) is 34.5 Å². The molecular formula is C99H120O27. The van der Waals surface area contributed by atoms with Gasteiger partial charge in [0.25, 0.3) is 0 Å². The Balaban J connectivity index is 0.000000399. The van der Waals surface area contributed by atoms with Crippen LogP contribution in [0.3, 0.4) is 0 Å². The molecule has 0 amide bonds. The molecule has 0 aliphatic rings. The summed E-state index contributed by atoms with van der Waals surface area (Å²) in [6.07, 6.45) is -5.40. The largest absolute Gasteiger partial charge is 0.491 e. The molecular weight excluding hydrogens is 1620 g/mol. The zero-order valence-electron chi connectivity index (χ0n) is 74.8. The monoisotopic (exact) mass is 1740 g/mol. The Kier molecular flexibility index (Phi) is 42.8. The number of carbonyl (C=O) groups is 9. The average Bonchev–Trinajstić information content (AvgIpc) is 0.811. The zero-order chi connectivity index (χ0) is 94.3. The number of carbonyl (C=O) groups excluding carboxylic acids is 9. The van der Waals surface area contributed by atoms with Crippen molar-refractivity contribution in [3.05, 3.63) is 288 Å². The van der Waals surface area contributed by atoms with Gasteiger partial charge in [-0.15, -0.1) is 0 Å². The van der Waals surface area contributed by atoms with Gasteiger partial charge in [0.15, 0.2) is 18.3 Å². The van der Waals surface area contributed by atoms with Gasteiger partial charge in [0.05, 0.1) is 0 Å². The van der Waals surface area contributed by atoms with Gasteiger partial charge >= 0.3 is 53.7 Å². The third-order valence-electron chi connectivity index (χ3n) is 18.5. The van der Waals surface area contributed by atoms with Gasteiger partial charge < -0.3 is 86.4 Å². The summed E-state index contributed by atoms with van der Waals surface area (Å²) in [5, 5.41) is 29.9. The van der Waals surface area contributed by atoms with E-state index in [0.29, 0.717) is 34.5 Å². The van der Waals surface area contributed by atoms with Crippen molar-refractivity contribution in [2.75, 3.05) is 79.3 Å². The van der Waals surface area contributed by atoms with Crippen molar-refractivity contribution in [2.45, 2.75) is 157 Å². The Hall–Kier alpha value is -13.1. The van der Waals surface area contributed by atoms with Crippen LogP contribution < -0.4 is 28.4 Å². The van der Waals surface area contributed by atoms with E-state index in [0.717, 1.165) is 33.4 Å². The summed E-state index contributed by atoms with van der Waals surface area (Å²) in [5.74, 6) is -1.93. The number of aliphatic hydroxyl groups is 3. The molecule has 0 bridgehead atoms. The van der Waals surface area contributed by atoms with E-state index in [-0.39, 0.29) is 140 Å². The van der Waals surface area contributed by atoms with Crippen molar-refractivity contribution < 1.29 is 130 Å². The van der Waals surface area contributed by atoms with Gasteiger partial charge in [-0.25, -0.2) is 43.2 Å². The van der Waals surface area contributed by atoms with E-state index in [9.17, 15) is 58.5 Å². The van der Waals surface area contributed by atoms with Crippen LogP contribution in [-0.4, -0.2) is 185 Å². The lowest BCUT2D eigenvalue weighted by Crippen LogP contribution is -2.31. The molecule has 0 saturated heterocycles. The molecule has 0 aromatic heterocycles. The molecule has 0 aliphatic carbocycles. The van der Waals surface area contributed by atoms with Gasteiger partial charge in [0, 0.05) is 66.4 Å². The lowest BCUT2D eigenvalue weighted by atomic mass is 9.78. The predicted molar refractivity (Wildman–Crippen MR) is 475 cm³/mol. The highest BCUT2D eigenvalue weighted by Crippen LogP contribution is 2.37. The summed E-state index contributed by atoms with van der Waals surface area (Å²) in [7, 11) is 0. The maximum absolute atomic E-state index is 12.1. The smallest absolute Gasteiger partial charge is 0.333 e. The first-order chi connectivity index (χ1) is 59.1. The van der Waals surface area contributed by atoms with Crippen LogP contribution >= 0.6 is 0 Å². The van der Waals surface area contributed by atoms with Crippen LogP contribution in [0.2, 0.25) is 0 Å². The molecule has 0 saturated carbocycles. The van der Waals surface area contributed by atoms with E-state index in [1.165, 1.54) is 62.3 Å². The Bertz CT molecular complexity index is 4580. The molecule has 6 atom stereocenters. The van der Waals surface area contributed by atoms with Crippen LogP contribution in [-0.2, 0) is 102 Å². The quantitative estimate of drug-likeness (QED) is 0.0181. The van der Waals surface area contributed by atoms with E-state index >= 15 is 0 Å². The molecule has 0 fully saturated rings. The van der Waals surface area contributed by atoms with Gasteiger partial charge in [-0.3, -0.25) is 0 Å². The summed E-state index contributed by atoms with van der Waals surface area (Å²) in [6, 6.07) is 45.1. The first kappa shape index (κ1) is 105. The number of hydrogen-bond donors (Lipinski definition) is 3. The van der Waals surface area contributed by atoms with Crippen LogP contribution in [0.5, 0.6) is 34.5 Å². The molecule has 6 aromatic carbocycles. The highest BCUT2D eigenvalue weighted by molar-refractivity contribution is 5.90. The molecule has 27 nitrogen and oxygen atoms in total. The average molecular weight is 1740 g/mol. The minimum atomic E-state index is -0.968. The SMILES string of the molecule is C=C(C)C(=O)OCC(COc1ccc(C(C)(C)c2ccc(OCC(COC(=O)C(=C)C)OC(=O)C(=C)C)cc2)cc1)OC(=O)C(=C)C.C=C(C)C(=O)OCC(O)COc1ccc(C(C)(C)c2ccc(OCC(COC(=O)C(=C)C)OC(=O)C(=C)C)cc2)cc1.C=C(C)C(=O)OCC(O)COc1ccc(C(C)(C)c2ccc(OCC(O)COC(=O)C(=C)C)cc2)cc1. The van der Waals surface area contributed by atoms with E-state index in [1.807, 2.05) is 121 Å². The molecule has 3 N–H and O–H groups in total. The number of benzene rings is 6. The van der Waals surface area contributed by atoms with Crippen LogP contribution in [0, 0.1) is 0 Å². The Morgan fingerprint density at radius 1 is 0.222 bits per heavy atom. The van der Waals surface area contributed by atoms with Gasteiger partial charge in [-0.2, -0.15) is 0 Å². The summed E-state index contributed by atoms with van der Waals surface area (Å²) < 4.78 is 80.7. The molecule has 0 aliphatic heterocycles. The molecule has 27 heteroatoms. The van der Waals surface area contributed by atoms with Crippen LogP contribution in [0.1, 0.15) is 137 Å². The molecule has 6 aromatic rings. The summed E-state index contributed by atoms with van der Waals surface area (Å²) in [6.45, 7) is 56.8. The van der Waals surface area contributed by atoms with E-state index in [4.69, 9.17) is 71.1 Å². The van der Waals surface area contributed by atoms with Crippen molar-refractivity contribution in [1.29, 1.82) is 0 Å². The molecule has 126 heavy (non-hydrogen) atoms. The standard InChI is InChI=1S/C37H44O10.C33H40O9.C29H36O8/c1-23(2)33(38)44-21-31(46-35(40)25(5)6)19-42-29-15-11-27(12-16-29)37(9,10)28-13-17-30(18-14-28)43-20-32(47-36(41)26(7)8)22-45-34(39)24(3)4;1-21(2)30(35)40-18-26(34)17-38-27-13-9-24(10-14-27)33(7,8)25-11-15-28(16-12-25)39-19-29(42-32(37)23(5)6)20-41-31(36)22(3)4;1-19(2)27(32)36-17-23(30)15-34-25-11-7-21(8-12-25)29(5,6)22-9-13-26(14-10-22)35-16-24(31)18-37-28(33)20(3)4/h11-18,31-32H,1,3,5,7,19-22H2,2,4,6,8-10H3;9-16,26,29,34H,1,3,5,17-20H2,2,4,6-8H3;7-14,23-24,30-31H,1,3,15-18H2,2,4-6H3. The van der Waals surface area contributed by atoms with Crippen LogP contribution in [0.4, 0.5) is 0 Å². The first-order valence-electron chi connectivity index (χ1n) is 40.1. The Morgan fingerprint density at radius 2 is 0.357 bits per heavy atom. The lowest BCUT2D eigenvalue weighted by Gasteiger charge is -2.27. The molecule has 0 spiro atoms. The number of hydrogen-bond acceptors (Lipinski definition) is 27. The van der Waals surface area contributed by atoms with Crippen molar-refractivity contribution >= 4 is 53.7 Å². The highest BCUT2D eigenvalue weighted by Gasteiger charge is 2.29. The van der Waals surface area contributed by atoms with Gasteiger partial charge in [0.1, 0.15) is 132 Å². The van der Waals surface area contributed by atoms with Crippen LogP contribution in [0.15, 0.2) is 255 Å². The fourth-order valence-corrected chi connectivity index (χ4v) is 10.5. The van der Waals surface area contributed by atoms with E-state index < -0.39 is 95.8 Å². The maximum Gasteiger partial charge on any atom is 0.333 e. The minimum Gasteiger partial charge on any atom is -0.491 e. The summed E-state index contributed by atoms with van der Waals surface area (Å²) >= 11 is 0. The number of aliphatic hydroxyl groups excluding tert-OH is 3. The van der Waals surface area contributed by atoms with Crippen molar-refractivity contribution in [3.63, 3.8) is 0 Å². The van der Waals surface area contributed by atoms with Crippen molar-refractivity contribution in [1.82, 2.24) is 0 Å². The van der Waals surface area contributed by atoms with Crippen molar-refractivity contribution in [2.24, 2.45) is 0 Å². The van der Waals surface area contributed by atoms with Crippen LogP contribution in [0.25, 0.3) is 0 Å². The lowest BCUT2D eigenvalue weighted by molar-refractivity contribution is -0.155. The normalized spacial score (nSPS) is 12.3. The molecule has 0 radical (unpaired) electrons. The fourth-order valence-electron chi connectivity index (χ4n) is 10.5. The Morgan fingerprint density at radius 3 is 0.500 bits per heavy atom. The van der Waals surface area contributed by atoms with Gasteiger partial charge in [-0.1, -0.05) is 174 Å². The molecule has 6 unspecified atom stereocenters. The fraction of sp³-hybridized carbons (Fsp3) is 0.364. The number of rotatable bonds is 48. The van der Waals surface area contributed by atoms with Gasteiger partial charge in [0.2, 0.25) is 0 Å². The van der Waals surface area contributed by atoms with Gasteiger partial charge in [-0.05, 0) is 168 Å². The second-order valence-electron chi connectivity index (χ2n) is 31.5. The van der Waals surface area contributed by atoms with E-state index in [2.05, 4.69) is 101 Å². The molecule has 678 valence electrons. The Labute approximate surface area is 738 Å². The second-order valence-corrected chi connectivity index (χ2v) is 31.5. The maximum atomic E-state index is 12.1.